The molecule has 2 aromatic carbocycles. The van der Waals surface area contributed by atoms with Gasteiger partial charge >= 0.3 is 0 Å². The van der Waals surface area contributed by atoms with E-state index in [1.54, 1.807) is 0 Å². The van der Waals surface area contributed by atoms with Crippen LogP contribution in [0.2, 0.25) is 0 Å². The van der Waals surface area contributed by atoms with Gasteiger partial charge in [0.05, 0.1) is 0 Å². The monoisotopic (exact) mass is 418 g/mol. The lowest BCUT2D eigenvalue weighted by Crippen LogP contribution is -2.40. The summed E-state index contributed by atoms with van der Waals surface area (Å²) in [5, 5.41) is 11.9. The number of nitrogens with zero attached hydrogens (tertiary/aromatic N) is 1. The summed E-state index contributed by atoms with van der Waals surface area (Å²) < 4.78 is 6.01. The molecule has 5 rings (SSSR count). The van der Waals surface area contributed by atoms with Gasteiger partial charge in [0.25, 0.3) is 0 Å². The van der Waals surface area contributed by atoms with Crippen molar-refractivity contribution in [2.45, 2.75) is 50.5 Å². The van der Waals surface area contributed by atoms with Crippen LogP contribution < -0.4 is 5.73 Å². The largest absolute Gasteiger partial charge is 0.438 e. The van der Waals surface area contributed by atoms with Gasteiger partial charge in [-0.1, -0.05) is 48.9 Å². The van der Waals surface area contributed by atoms with Crippen molar-refractivity contribution in [1.29, 1.82) is 0 Å². The lowest BCUT2D eigenvalue weighted by molar-refractivity contribution is -0.128. The van der Waals surface area contributed by atoms with Crippen LogP contribution >= 0.6 is 0 Å². The Bertz CT molecular complexity index is 1030. The molecular weight excluding hydrogens is 388 g/mol. The minimum Gasteiger partial charge on any atom is -0.438 e. The third kappa shape index (κ3) is 3.99. The van der Waals surface area contributed by atoms with E-state index in [0.717, 1.165) is 12.0 Å². The number of para-hydroxylation sites is 2. The topological polar surface area (TPSA) is 89.4 Å². The Hall–Kier alpha value is -2.66. The average Bonchev–Trinajstić information content (AvgIpc) is 3.52. The van der Waals surface area contributed by atoms with E-state index in [-0.39, 0.29) is 24.2 Å². The Morgan fingerprint density at radius 2 is 1.90 bits per heavy atom. The van der Waals surface area contributed by atoms with Gasteiger partial charge in [-0.05, 0) is 74.0 Å². The maximum Gasteiger partial charge on any atom is 0.227 e. The van der Waals surface area contributed by atoms with E-state index in [2.05, 4.69) is 4.98 Å². The SMILES string of the molecule is NC(=O)C(CC(O)(CCc1ccccc1)c1nc2ccccc2o1)C1CC2CCC1C2. The van der Waals surface area contributed by atoms with Crippen LogP contribution in [0.25, 0.3) is 11.1 Å². The summed E-state index contributed by atoms with van der Waals surface area (Å²) in [5.74, 6) is 1.11. The van der Waals surface area contributed by atoms with Crippen molar-refractivity contribution in [3.8, 4) is 0 Å². The van der Waals surface area contributed by atoms with E-state index < -0.39 is 5.60 Å². The predicted octanol–water partition coefficient (Wildman–Crippen LogP) is 4.58. The van der Waals surface area contributed by atoms with Crippen molar-refractivity contribution < 1.29 is 14.3 Å². The summed E-state index contributed by atoms with van der Waals surface area (Å²) in [6.07, 6.45) is 6.02. The van der Waals surface area contributed by atoms with E-state index in [9.17, 15) is 9.90 Å². The van der Waals surface area contributed by atoms with Gasteiger partial charge in [-0.25, -0.2) is 4.98 Å². The number of primary amides is 1. The summed E-state index contributed by atoms with van der Waals surface area (Å²) in [4.78, 5) is 17.2. The average molecular weight is 419 g/mol. The Labute approximate surface area is 182 Å². The van der Waals surface area contributed by atoms with E-state index in [1.807, 2.05) is 54.6 Å². The van der Waals surface area contributed by atoms with Crippen LogP contribution in [-0.2, 0) is 16.8 Å². The molecule has 5 atom stereocenters. The summed E-state index contributed by atoms with van der Waals surface area (Å²) in [5.41, 5.74) is 7.05. The van der Waals surface area contributed by atoms with Gasteiger partial charge in [0, 0.05) is 5.92 Å². The second kappa shape index (κ2) is 8.12. The van der Waals surface area contributed by atoms with Crippen LogP contribution in [0.15, 0.2) is 59.0 Å². The molecule has 0 saturated heterocycles. The standard InChI is InChI=1S/C26H30N2O3/c27-24(29)21(20-15-18-10-11-19(20)14-18)16-26(30,13-12-17-6-2-1-3-7-17)25-28-22-8-4-5-9-23(22)31-25/h1-9,18-21,30H,10-16H2,(H2,27,29). The maximum atomic E-state index is 12.6. The summed E-state index contributed by atoms with van der Waals surface area (Å²) >= 11 is 0. The predicted molar refractivity (Wildman–Crippen MR) is 119 cm³/mol. The maximum absolute atomic E-state index is 12.6. The molecule has 0 radical (unpaired) electrons. The molecule has 5 unspecified atom stereocenters. The molecule has 5 nitrogen and oxygen atoms in total. The van der Waals surface area contributed by atoms with Gasteiger partial charge in [0.15, 0.2) is 5.58 Å². The minimum absolute atomic E-state index is 0.254. The fraction of sp³-hybridized carbons (Fsp3) is 0.462. The highest BCUT2D eigenvalue weighted by atomic mass is 16.4. The number of aryl methyl sites for hydroxylation is 1. The number of fused-ring (bicyclic) bond motifs is 3. The molecule has 2 bridgehead atoms. The van der Waals surface area contributed by atoms with E-state index >= 15 is 0 Å². The Morgan fingerprint density at radius 1 is 1.13 bits per heavy atom. The molecular formula is C26H30N2O3. The molecule has 3 N–H and O–H groups in total. The fourth-order valence-corrected chi connectivity index (χ4v) is 5.98. The van der Waals surface area contributed by atoms with Gasteiger partial charge in [-0.15, -0.1) is 0 Å². The molecule has 0 aliphatic heterocycles. The highest BCUT2D eigenvalue weighted by Gasteiger charge is 2.48. The van der Waals surface area contributed by atoms with Gasteiger partial charge in [-0.2, -0.15) is 0 Å². The van der Waals surface area contributed by atoms with E-state index in [1.165, 1.54) is 19.3 Å². The summed E-state index contributed by atoms with van der Waals surface area (Å²) in [7, 11) is 0. The number of rotatable bonds is 8. The third-order valence-electron chi connectivity index (χ3n) is 7.59. The minimum atomic E-state index is -1.35. The summed E-state index contributed by atoms with van der Waals surface area (Å²) in [6, 6.07) is 17.6. The number of oxazole rings is 1. The lowest BCUT2D eigenvalue weighted by Gasteiger charge is -2.34. The Kier molecular flexibility index (Phi) is 5.30. The van der Waals surface area contributed by atoms with Crippen LogP contribution in [0, 0.1) is 23.7 Å². The van der Waals surface area contributed by atoms with E-state index in [0.29, 0.717) is 41.7 Å². The first-order valence-corrected chi connectivity index (χ1v) is 11.4. The molecule has 3 aromatic rings. The first-order valence-electron chi connectivity index (χ1n) is 11.4. The first-order chi connectivity index (χ1) is 15.0. The molecule has 162 valence electrons. The Balaban J connectivity index is 1.46. The normalized spacial score (nSPS) is 25.5. The molecule has 2 aliphatic rings. The van der Waals surface area contributed by atoms with Gasteiger partial charge in [-0.3, -0.25) is 4.79 Å². The number of hydrogen-bond donors (Lipinski definition) is 2. The second-order valence-electron chi connectivity index (χ2n) is 9.56. The number of carbonyl (C=O) groups is 1. The van der Waals surface area contributed by atoms with E-state index in [4.69, 9.17) is 10.2 Å². The number of carbonyl (C=O) groups excluding carboxylic acids is 1. The van der Waals surface area contributed by atoms with Crippen LogP contribution in [-0.4, -0.2) is 16.0 Å². The zero-order chi connectivity index (χ0) is 21.4. The molecule has 5 heteroatoms. The number of aliphatic hydroxyl groups is 1. The molecule has 2 fully saturated rings. The van der Waals surface area contributed by atoms with Crippen molar-refractivity contribution in [3.63, 3.8) is 0 Å². The molecule has 2 aliphatic carbocycles. The molecule has 1 amide bonds. The number of amides is 1. The quantitative estimate of drug-likeness (QED) is 0.560. The number of benzene rings is 2. The van der Waals surface area contributed by atoms with Crippen molar-refractivity contribution in [1.82, 2.24) is 4.98 Å². The number of hydrogen-bond acceptors (Lipinski definition) is 4. The third-order valence-corrected chi connectivity index (χ3v) is 7.59. The molecule has 1 heterocycles. The van der Waals surface area contributed by atoms with Crippen molar-refractivity contribution in [3.05, 3.63) is 66.1 Å². The van der Waals surface area contributed by atoms with Crippen LogP contribution in [0.4, 0.5) is 0 Å². The number of nitrogens with two attached hydrogens (primary N) is 1. The summed E-state index contributed by atoms with van der Waals surface area (Å²) in [6.45, 7) is 0. The molecule has 1 aromatic heterocycles. The molecule has 2 saturated carbocycles. The molecule has 31 heavy (non-hydrogen) atoms. The van der Waals surface area contributed by atoms with Gasteiger partial charge < -0.3 is 15.3 Å². The van der Waals surface area contributed by atoms with Crippen LogP contribution in [0.3, 0.4) is 0 Å². The van der Waals surface area contributed by atoms with Gasteiger partial charge in [0.1, 0.15) is 11.1 Å². The molecule has 0 spiro atoms. The number of aromatic nitrogens is 1. The highest BCUT2D eigenvalue weighted by Crippen LogP contribution is 2.53. The van der Waals surface area contributed by atoms with Crippen LogP contribution in [0.1, 0.15) is 50.0 Å². The van der Waals surface area contributed by atoms with Crippen molar-refractivity contribution in [2.24, 2.45) is 29.4 Å². The van der Waals surface area contributed by atoms with Gasteiger partial charge in [0.2, 0.25) is 11.8 Å². The Morgan fingerprint density at radius 3 is 2.58 bits per heavy atom. The highest BCUT2D eigenvalue weighted by molar-refractivity contribution is 5.77. The van der Waals surface area contributed by atoms with Crippen molar-refractivity contribution >= 4 is 17.0 Å². The van der Waals surface area contributed by atoms with Crippen molar-refractivity contribution in [2.75, 3.05) is 0 Å². The van der Waals surface area contributed by atoms with Crippen LogP contribution in [0.5, 0.6) is 0 Å². The fourth-order valence-electron chi connectivity index (χ4n) is 5.98. The first kappa shape index (κ1) is 20.3. The lowest BCUT2D eigenvalue weighted by atomic mass is 9.73. The second-order valence-corrected chi connectivity index (χ2v) is 9.56. The zero-order valence-corrected chi connectivity index (χ0v) is 17.7. The smallest absolute Gasteiger partial charge is 0.227 e. The zero-order valence-electron chi connectivity index (χ0n) is 17.7.